The maximum atomic E-state index is 13.1. The molecule has 0 spiro atoms. The minimum atomic E-state index is -0.266. The van der Waals surface area contributed by atoms with E-state index in [-0.39, 0.29) is 17.8 Å². The van der Waals surface area contributed by atoms with Gasteiger partial charge in [0.2, 0.25) is 5.91 Å². The summed E-state index contributed by atoms with van der Waals surface area (Å²) in [6, 6.07) is 14.0. The van der Waals surface area contributed by atoms with Crippen LogP contribution in [0.3, 0.4) is 0 Å². The molecule has 29 heavy (non-hydrogen) atoms. The molecule has 0 bridgehead atoms. The topological polar surface area (TPSA) is 61.9 Å². The molecule has 2 aromatic carbocycles. The van der Waals surface area contributed by atoms with Crippen molar-refractivity contribution < 1.29 is 9.18 Å². The van der Waals surface area contributed by atoms with Crippen LogP contribution in [-0.4, -0.2) is 27.1 Å². The van der Waals surface area contributed by atoms with Gasteiger partial charge in [0.1, 0.15) is 5.82 Å². The van der Waals surface area contributed by atoms with Crippen LogP contribution in [-0.2, 0) is 11.3 Å². The largest absolute Gasteiger partial charge is 0.335 e. The molecule has 146 valence electrons. The van der Waals surface area contributed by atoms with E-state index in [4.69, 9.17) is 5.26 Å². The number of aromatic nitrogens is 2. The van der Waals surface area contributed by atoms with Crippen molar-refractivity contribution >= 4 is 16.8 Å². The standard InChI is InChI=1S/C23H21FN4O/c1-16(15-28-22-8-3-17(13-25)12-19(22)14-26-28)2-9-23(29)27-11-10-21(27)18-4-6-20(24)7-5-18/h3-8,12,14,21H,1-2,9-11,15H2. The molecule has 1 aliphatic heterocycles. The van der Waals surface area contributed by atoms with E-state index in [0.29, 0.717) is 24.9 Å². The first-order valence-electron chi connectivity index (χ1n) is 9.62. The van der Waals surface area contributed by atoms with Crippen LogP contribution in [0.25, 0.3) is 10.9 Å². The van der Waals surface area contributed by atoms with Gasteiger partial charge in [0.25, 0.3) is 0 Å². The van der Waals surface area contributed by atoms with Crippen LogP contribution in [0.1, 0.15) is 36.4 Å². The van der Waals surface area contributed by atoms with Crippen molar-refractivity contribution in [3.05, 3.63) is 77.8 Å². The Labute approximate surface area is 168 Å². The molecule has 0 aliphatic carbocycles. The molecule has 0 saturated carbocycles. The van der Waals surface area contributed by atoms with Gasteiger partial charge in [0.05, 0.1) is 35.9 Å². The lowest BCUT2D eigenvalue weighted by molar-refractivity contribution is -0.139. The second kappa shape index (κ2) is 7.88. The number of amides is 1. The Morgan fingerprint density at radius 3 is 2.72 bits per heavy atom. The number of halogens is 1. The van der Waals surface area contributed by atoms with Crippen LogP contribution in [0.2, 0.25) is 0 Å². The van der Waals surface area contributed by atoms with Crippen molar-refractivity contribution in [2.24, 2.45) is 0 Å². The van der Waals surface area contributed by atoms with Crippen molar-refractivity contribution in [2.45, 2.75) is 31.8 Å². The van der Waals surface area contributed by atoms with Gasteiger partial charge in [-0.3, -0.25) is 9.48 Å². The van der Waals surface area contributed by atoms with Gasteiger partial charge in [-0.1, -0.05) is 24.3 Å². The van der Waals surface area contributed by atoms with Crippen molar-refractivity contribution in [3.63, 3.8) is 0 Å². The van der Waals surface area contributed by atoms with E-state index < -0.39 is 0 Å². The van der Waals surface area contributed by atoms with Gasteiger partial charge in [-0.25, -0.2) is 4.39 Å². The van der Waals surface area contributed by atoms with E-state index in [1.807, 2.05) is 21.7 Å². The van der Waals surface area contributed by atoms with Crippen molar-refractivity contribution in [2.75, 3.05) is 6.54 Å². The predicted octanol–water partition coefficient (Wildman–Crippen LogP) is 4.36. The first kappa shape index (κ1) is 18.9. The molecule has 5 nitrogen and oxygen atoms in total. The summed E-state index contributed by atoms with van der Waals surface area (Å²) < 4.78 is 15.0. The zero-order valence-electron chi connectivity index (χ0n) is 16.0. The Morgan fingerprint density at radius 1 is 1.24 bits per heavy atom. The lowest BCUT2D eigenvalue weighted by atomic mass is 9.94. The second-order valence-corrected chi connectivity index (χ2v) is 7.38. The maximum absolute atomic E-state index is 13.1. The fourth-order valence-electron chi connectivity index (χ4n) is 3.72. The van der Waals surface area contributed by atoms with Crippen molar-refractivity contribution in [3.8, 4) is 6.07 Å². The zero-order chi connectivity index (χ0) is 20.4. The normalized spacial score (nSPS) is 15.7. The second-order valence-electron chi connectivity index (χ2n) is 7.38. The van der Waals surface area contributed by atoms with E-state index in [1.165, 1.54) is 12.1 Å². The van der Waals surface area contributed by atoms with E-state index in [2.05, 4.69) is 17.7 Å². The summed E-state index contributed by atoms with van der Waals surface area (Å²) in [4.78, 5) is 14.5. The molecule has 3 aromatic rings. The van der Waals surface area contributed by atoms with Gasteiger partial charge in [0, 0.05) is 18.4 Å². The van der Waals surface area contributed by atoms with Gasteiger partial charge in [-0.05, 0) is 48.7 Å². The third-order valence-corrected chi connectivity index (χ3v) is 5.43. The van der Waals surface area contributed by atoms with Crippen LogP contribution in [0.4, 0.5) is 4.39 Å². The maximum Gasteiger partial charge on any atom is 0.223 e. The molecule has 1 aliphatic rings. The lowest BCUT2D eigenvalue weighted by Gasteiger charge is -2.41. The highest BCUT2D eigenvalue weighted by molar-refractivity contribution is 5.80. The number of nitriles is 1. The van der Waals surface area contributed by atoms with Crippen molar-refractivity contribution in [1.29, 1.82) is 5.26 Å². The summed E-state index contributed by atoms with van der Waals surface area (Å²) in [5.74, 6) is -0.173. The first-order chi connectivity index (χ1) is 14.0. The van der Waals surface area contributed by atoms with E-state index in [0.717, 1.165) is 35.0 Å². The Bertz CT molecular complexity index is 1110. The smallest absolute Gasteiger partial charge is 0.223 e. The summed E-state index contributed by atoms with van der Waals surface area (Å²) in [7, 11) is 0. The number of benzene rings is 2. The number of fused-ring (bicyclic) bond motifs is 1. The summed E-state index contributed by atoms with van der Waals surface area (Å²) in [5.41, 5.74) is 3.44. The number of allylic oxidation sites excluding steroid dienone is 1. The lowest BCUT2D eigenvalue weighted by Crippen LogP contribution is -2.45. The molecule has 1 fully saturated rings. The molecule has 1 amide bonds. The number of nitrogens with zero attached hydrogens (tertiary/aromatic N) is 4. The number of carbonyl (C=O) groups excluding carboxylic acids is 1. The number of hydrogen-bond acceptors (Lipinski definition) is 3. The SMILES string of the molecule is C=C(CCC(=O)N1CCC1c1ccc(F)cc1)Cn1ncc2cc(C#N)ccc21. The van der Waals surface area contributed by atoms with Gasteiger partial charge < -0.3 is 4.90 Å². The summed E-state index contributed by atoms with van der Waals surface area (Å²) in [6.07, 6.45) is 3.63. The molecule has 1 atom stereocenters. The van der Waals surface area contributed by atoms with Gasteiger partial charge in [0.15, 0.2) is 0 Å². The monoisotopic (exact) mass is 388 g/mol. The van der Waals surface area contributed by atoms with Gasteiger partial charge in [-0.15, -0.1) is 0 Å². The number of hydrogen-bond donors (Lipinski definition) is 0. The highest BCUT2D eigenvalue weighted by Gasteiger charge is 2.32. The van der Waals surface area contributed by atoms with Crippen LogP contribution in [0.15, 0.2) is 60.8 Å². The average Bonchev–Trinajstić information content (AvgIpc) is 3.09. The molecule has 0 radical (unpaired) electrons. The molecular formula is C23H21FN4O. The molecule has 2 heterocycles. The molecule has 1 unspecified atom stereocenters. The molecule has 6 heteroatoms. The van der Waals surface area contributed by atoms with E-state index >= 15 is 0 Å². The van der Waals surface area contributed by atoms with Crippen LogP contribution < -0.4 is 0 Å². The highest BCUT2D eigenvalue weighted by Crippen LogP contribution is 2.34. The summed E-state index contributed by atoms with van der Waals surface area (Å²) in [5, 5.41) is 14.3. The van der Waals surface area contributed by atoms with Crippen molar-refractivity contribution in [1.82, 2.24) is 14.7 Å². The van der Waals surface area contributed by atoms with Crippen LogP contribution >= 0.6 is 0 Å². The Morgan fingerprint density at radius 2 is 2.03 bits per heavy atom. The van der Waals surface area contributed by atoms with Crippen LogP contribution in [0, 0.1) is 17.1 Å². The molecule has 0 N–H and O–H groups in total. The Hall–Kier alpha value is -3.46. The number of likely N-dealkylation sites (tertiary alicyclic amines) is 1. The first-order valence-corrected chi connectivity index (χ1v) is 9.62. The van der Waals surface area contributed by atoms with Gasteiger partial charge >= 0.3 is 0 Å². The van der Waals surface area contributed by atoms with Crippen LogP contribution in [0.5, 0.6) is 0 Å². The summed E-state index contributed by atoms with van der Waals surface area (Å²) in [6.45, 7) is 5.37. The molecule has 1 aromatic heterocycles. The minimum Gasteiger partial charge on any atom is -0.335 e. The predicted molar refractivity (Wildman–Crippen MR) is 108 cm³/mol. The molecular weight excluding hydrogens is 367 g/mol. The van der Waals surface area contributed by atoms with E-state index in [1.54, 1.807) is 24.4 Å². The summed E-state index contributed by atoms with van der Waals surface area (Å²) >= 11 is 0. The number of carbonyl (C=O) groups is 1. The molecule has 1 saturated heterocycles. The third-order valence-electron chi connectivity index (χ3n) is 5.43. The fraction of sp³-hybridized carbons (Fsp3) is 0.261. The Kier molecular flexibility index (Phi) is 5.13. The third kappa shape index (κ3) is 3.90. The highest BCUT2D eigenvalue weighted by atomic mass is 19.1. The average molecular weight is 388 g/mol. The minimum absolute atomic E-state index is 0.0424. The Balaban J connectivity index is 1.33. The van der Waals surface area contributed by atoms with Gasteiger partial charge in [-0.2, -0.15) is 10.4 Å². The number of rotatable bonds is 6. The van der Waals surface area contributed by atoms with E-state index in [9.17, 15) is 9.18 Å². The fourth-order valence-corrected chi connectivity index (χ4v) is 3.72. The molecule has 4 rings (SSSR count). The quantitative estimate of drug-likeness (QED) is 0.590. The zero-order valence-corrected chi connectivity index (χ0v) is 16.0.